The van der Waals surface area contributed by atoms with Gasteiger partial charge in [0.15, 0.2) is 17.9 Å². The molecule has 0 aromatic carbocycles. The van der Waals surface area contributed by atoms with Crippen LogP contribution in [-0.4, -0.2) is 51.9 Å². The van der Waals surface area contributed by atoms with Crippen LogP contribution in [0.25, 0.3) is 0 Å². The summed E-state index contributed by atoms with van der Waals surface area (Å²) in [5.41, 5.74) is -2.18. The molecule has 11 heteroatoms. The maximum absolute atomic E-state index is 12.3. The average Bonchev–Trinajstić information content (AvgIpc) is 2.77. The van der Waals surface area contributed by atoms with Gasteiger partial charge in [-0.2, -0.15) is 0 Å². The molecule has 0 saturated carbocycles. The molecule has 1 aliphatic rings. The molecule has 27 heavy (non-hydrogen) atoms. The molecule has 1 aliphatic heterocycles. The Labute approximate surface area is 159 Å². The van der Waals surface area contributed by atoms with Crippen LogP contribution < -0.4 is 5.69 Å². The van der Waals surface area contributed by atoms with Gasteiger partial charge in [0.05, 0.1) is 0 Å². The molecule has 1 fully saturated rings. The highest BCUT2D eigenvalue weighted by atomic mass is 32.1. The first kappa shape index (κ1) is 20.8. The Bertz CT molecular complexity index is 862. The van der Waals surface area contributed by atoms with Gasteiger partial charge in [0, 0.05) is 27.0 Å². The SMILES string of the molecule is CC(=O)OCC1OC(n2ccc(=S)[nH]c2=O)C(C)(OC(C)=O)C1OC(C)=O. The van der Waals surface area contributed by atoms with E-state index in [0.29, 0.717) is 0 Å². The fraction of sp³-hybridized carbons (Fsp3) is 0.562. The second-order valence-electron chi connectivity index (χ2n) is 6.15. The summed E-state index contributed by atoms with van der Waals surface area (Å²) in [6, 6.07) is 1.45. The highest BCUT2D eigenvalue weighted by Gasteiger charge is 2.60. The van der Waals surface area contributed by atoms with Crippen molar-refractivity contribution in [1.29, 1.82) is 0 Å². The number of aromatic nitrogens is 2. The van der Waals surface area contributed by atoms with E-state index in [2.05, 4.69) is 4.98 Å². The van der Waals surface area contributed by atoms with Crippen molar-refractivity contribution in [2.24, 2.45) is 0 Å². The summed E-state index contributed by atoms with van der Waals surface area (Å²) in [5, 5.41) is 0. The van der Waals surface area contributed by atoms with E-state index in [1.165, 1.54) is 40.0 Å². The topological polar surface area (TPSA) is 126 Å². The monoisotopic (exact) mass is 400 g/mol. The van der Waals surface area contributed by atoms with Gasteiger partial charge in [0.2, 0.25) is 0 Å². The third-order valence-electron chi connectivity index (χ3n) is 3.91. The molecule has 1 saturated heterocycles. The van der Waals surface area contributed by atoms with E-state index in [1.54, 1.807) is 0 Å². The molecule has 0 bridgehead atoms. The minimum atomic E-state index is -1.57. The molecular weight excluding hydrogens is 380 g/mol. The molecule has 4 unspecified atom stereocenters. The fourth-order valence-corrected chi connectivity index (χ4v) is 3.10. The molecule has 4 atom stereocenters. The zero-order valence-corrected chi connectivity index (χ0v) is 16.0. The summed E-state index contributed by atoms with van der Waals surface area (Å²) in [4.78, 5) is 49.2. The minimum Gasteiger partial charge on any atom is -0.463 e. The molecule has 1 N–H and O–H groups in total. The van der Waals surface area contributed by atoms with Gasteiger partial charge in [-0.15, -0.1) is 0 Å². The first-order valence-electron chi connectivity index (χ1n) is 8.01. The number of hydrogen-bond acceptors (Lipinski definition) is 9. The van der Waals surface area contributed by atoms with Gasteiger partial charge in [0.25, 0.3) is 0 Å². The largest absolute Gasteiger partial charge is 0.463 e. The number of H-pyrrole nitrogens is 1. The Balaban J connectivity index is 2.53. The Hall–Kier alpha value is -2.53. The van der Waals surface area contributed by atoms with Crippen molar-refractivity contribution in [3.63, 3.8) is 0 Å². The van der Waals surface area contributed by atoms with Gasteiger partial charge in [-0.1, -0.05) is 12.2 Å². The number of nitrogens with one attached hydrogen (secondary N) is 1. The van der Waals surface area contributed by atoms with E-state index >= 15 is 0 Å². The lowest BCUT2D eigenvalue weighted by Gasteiger charge is -2.34. The van der Waals surface area contributed by atoms with E-state index in [9.17, 15) is 19.2 Å². The van der Waals surface area contributed by atoms with Crippen molar-refractivity contribution in [1.82, 2.24) is 9.55 Å². The molecule has 0 aliphatic carbocycles. The van der Waals surface area contributed by atoms with Crippen molar-refractivity contribution in [3.8, 4) is 0 Å². The lowest BCUT2D eigenvalue weighted by atomic mass is 9.95. The average molecular weight is 400 g/mol. The van der Waals surface area contributed by atoms with Crippen LogP contribution in [0.15, 0.2) is 17.1 Å². The van der Waals surface area contributed by atoms with Crippen LogP contribution in [0, 0.1) is 4.64 Å². The van der Waals surface area contributed by atoms with Crippen molar-refractivity contribution in [2.45, 2.75) is 51.7 Å². The summed E-state index contributed by atoms with van der Waals surface area (Å²) in [5.74, 6) is -1.90. The molecule has 10 nitrogen and oxygen atoms in total. The smallest absolute Gasteiger partial charge is 0.328 e. The normalized spacial score (nSPS) is 27.0. The minimum absolute atomic E-state index is 0.205. The molecule has 148 valence electrons. The first-order chi connectivity index (χ1) is 12.5. The highest BCUT2D eigenvalue weighted by Crippen LogP contribution is 2.42. The number of nitrogens with zero attached hydrogens (tertiary/aromatic N) is 1. The molecule has 0 spiro atoms. The number of hydrogen-bond donors (Lipinski definition) is 1. The van der Waals surface area contributed by atoms with Gasteiger partial charge in [-0.3, -0.25) is 23.9 Å². The first-order valence-corrected chi connectivity index (χ1v) is 8.42. The Morgan fingerprint density at radius 3 is 2.44 bits per heavy atom. The third kappa shape index (κ3) is 4.61. The van der Waals surface area contributed by atoms with Gasteiger partial charge < -0.3 is 18.9 Å². The van der Waals surface area contributed by atoms with E-state index in [1.807, 2.05) is 0 Å². The van der Waals surface area contributed by atoms with Crippen LogP contribution in [-0.2, 0) is 33.3 Å². The number of ether oxygens (including phenoxy) is 4. The van der Waals surface area contributed by atoms with Crippen LogP contribution in [0.2, 0.25) is 0 Å². The predicted molar refractivity (Wildman–Crippen MR) is 92.2 cm³/mol. The maximum atomic E-state index is 12.3. The molecule has 1 aromatic heterocycles. The second kappa shape index (κ2) is 8.01. The lowest BCUT2D eigenvalue weighted by Crippen LogP contribution is -2.51. The highest BCUT2D eigenvalue weighted by molar-refractivity contribution is 7.71. The maximum Gasteiger partial charge on any atom is 0.328 e. The van der Waals surface area contributed by atoms with Crippen molar-refractivity contribution < 1.29 is 33.3 Å². The molecule has 2 heterocycles. The van der Waals surface area contributed by atoms with Gasteiger partial charge in [-0.25, -0.2) is 4.79 Å². The number of carbonyl (C=O) groups excluding carboxylic acids is 3. The van der Waals surface area contributed by atoms with Gasteiger partial charge in [-0.05, 0) is 13.0 Å². The van der Waals surface area contributed by atoms with E-state index < -0.39 is 47.6 Å². The van der Waals surface area contributed by atoms with Crippen LogP contribution in [0.1, 0.15) is 33.9 Å². The number of carbonyl (C=O) groups is 3. The lowest BCUT2D eigenvalue weighted by molar-refractivity contribution is -0.185. The van der Waals surface area contributed by atoms with E-state index in [4.69, 9.17) is 31.2 Å². The Morgan fingerprint density at radius 2 is 1.93 bits per heavy atom. The van der Waals surface area contributed by atoms with E-state index in [-0.39, 0.29) is 11.2 Å². The standard InChI is InChI=1S/C16H20N2O8S/c1-8(19)23-7-11-13(24-9(2)20)16(4,26-10(3)21)14(25-11)18-6-5-12(27)17-15(18)22/h5-6,11,13-14H,7H2,1-4H3,(H,17,22,27). The molecule has 1 aromatic rings. The Kier molecular flexibility index (Phi) is 6.16. The van der Waals surface area contributed by atoms with Crippen molar-refractivity contribution >= 4 is 30.1 Å². The molecular formula is C16H20N2O8S. The Morgan fingerprint density at radius 1 is 1.26 bits per heavy atom. The summed E-state index contributed by atoms with van der Waals surface area (Å²) < 4.78 is 22.9. The number of esters is 3. The quantitative estimate of drug-likeness (QED) is 0.430. The summed E-state index contributed by atoms with van der Waals surface area (Å²) in [6.45, 7) is 4.76. The van der Waals surface area contributed by atoms with E-state index in [0.717, 1.165) is 4.57 Å². The van der Waals surface area contributed by atoms with Gasteiger partial charge >= 0.3 is 23.6 Å². The van der Waals surface area contributed by atoms with Crippen LogP contribution in [0.4, 0.5) is 0 Å². The zero-order chi connectivity index (χ0) is 20.4. The van der Waals surface area contributed by atoms with Crippen molar-refractivity contribution in [2.75, 3.05) is 6.61 Å². The fourth-order valence-electron chi connectivity index (χ4n) is 2.95. The van der Waals surface area contributed by atoms with Crippen molar-refractivity contribution in [3.05, 3.63) is 27.4 Å². The van der Waals surface area contributed by atoms with Crippen LogP contribution in [0.3, 0.4) is 0 Å². The summed E-state index contributed by atoms with van der Waals surface area (Å²) in [6.07, 6.45) is -1.89. The summed E-state index contributed by atoms with van der Waals surface area (Å²) in [7, 11) is 0. The van der Waals surface area contributed by atoms with Gasteiger partial charge in [0.1, 0.15) is 17.4 Å². The molecule has 0 amide bonds. The number of rotatable bonds is 5. The van der Waals surface area contributed by atoms with Crippen LogP contribution in [0.5, 0.6) is 0 Å². The second-order valence-corrected chi connectivity index (χ2v) is 6.59. The number of aromatic amines is 1. The summed E-state index contributed by atoms with van der Waals surface area (Å²) >= 11 is 4.91. The zero-order valence-electron chi connectivity index (χ0n) is 15.2. The molecule has 2 rings (SSSR count). The van der Waals surface area contributed by atoms with Crippen LogP contribution >= 0.6 is 12.2 Å². The predicted octanol–water partition coefficient (Wildman–Crippen LogP) is 0.620. The third-order valence-corrected chi connectivity index (χ3v) is 4.15. The molecule has 0 radical (unpaired) electrons.